The lowest BCUT2D eigenvalue weighted by Crippen LogP contribution is -2.40. The van der Waals surface area contributed by atoms with E-state index >= 15 is 0 Å². The minimum Gasteiger partial charge on any atom is -0.413 e. The van der Waals surface area contributed by atoms with Crippen LogP contribution >= 0.6 is 0 Å². The summed E-state index contributed by atoms with van der Waals surface area (Å²) in [5, 5.41) is 13.9. The maximum absolute atomic E-state index is 12.4. The van der Waals surface area contributed by atoms with Crippen molar-refractivity contribution < 1.29 is 27.3 Å². The minimum absolute atomic E-state index is 0.0720. The lowest BCUT2D eigenvalue weighted by atomic mass is 10.2. The van der Waals surface area contributed by atoms with Crippen molar-refractivity contribution in [2.75, 3.05) is 5.32 Å². The molecule has 2 rings (SSSR count). The first-order chi connectivity index (χ1) is 13.7. The highest BCUT2D eigenvalue weighted by molar-refractivity contribution is 6.74. The Labute approximate surface area is 173 Å². The van der Waals surface area contributed by atoms with Crippen LogP contribution in [0.5, 0.6) is 5.88 Å². The van der Waals surface area contributed by atoms with E-state index in [1.807, 2.05) is 0 Å². The monoisotopic (exact) mass is 443 g/mol. The van der Waals surface area contributed by atoms with Crippen LogP contribution in [-0.2, 0) is 11.0 Å². The molecule has 30 heavy (non-hydrogen) atoms. The summed E-state index contributed by atoms with van der Waals surface area (Å²) in [5.41, 5.74) is 0.850. The Balaban J connectivity index is 2.16. The summed E-state index contributed by atoms with van der Waals surface area (Å²) in [6.45, 7) is 11.1. The maximum Gasteiger partial charge on any atom is 0.574 e. The molecule has 1 heterocycles. The van der Waals surface area contributed by atoms with Gasteiger partial charge in [0.1, 0.15) is 0 Å². The van der Waals surface area contributed by atoms with Crippen LogP contribution in [0.25, 0.3) is 0 Å². The van der Waals surface area contributed by atoms with Crippen molar-refractivity contribution in [2.24, 2.45) is 0 Å². The molecule has 0 bridgehead atoms. The number of nitro groups is 1. The quantitative estimate of drug-likeness (QED) is 0.314. The Hall–Kier alpha value is -2.66. The van der Waals surface area contributed by atoms with Gasteiger partial charge in [-0.25, -0.2) is 0 Å². The van der Waals surface area contributed by atoms with E-state index < -0.39 is 31.2 Å². The predicted molar refractivity (Wildman–Crippen MR) is 109 cm³/mol. The van der Waals surface area contributed by atoms with Gasteiger partial charge in [-0.3, -0.25) is 10.1 Å². The average Bonchev–Trinajstić information content (AvgIpc) is 2.59. The van der Waals surface area contributed by atoms with Gasteiger partial charge in [-0.2, -0.15) is 4.98 Å². The van der Waals surface area contributed by atoms with Crippen LogP contribution in [0.4, 0.5) is 30.4 Å². The van der Waals surface area contributed by atoms with Crippen molar-refractivity contribution in [3.05, 3.63) is 52.1 Å². The van der Waals surface area contributed by atoms with Crippen molar-refractivity contribution in [1.82, 2.24) is 4.98 Å². The Bertz CT molecular complexity index is 897. The van der Waals surface area contributed by atoms with E-state index in [0.29, 0.717) is 12.3 Å². The van der Waals surface area contributed by atoms with Crippen LogP contribution in [0.15, 0.2) is 36.4 Å². The molecular weight excluding hydrogens is 419 g/mol. The normalized spacial score (nSPS) is 12.5. The molecule has 0 radical (unpaired) electrons. The second-order valence-corrected chi connectivity index (χ2v) is 13.0. The molecule has 0 spiro atoms. The SMILES string of the molecule is CC(C)(C)[Si](C)(C)OCc1ccc(Nc2nc(OC(F)(F)F)ccc2[N+](=O)[O-])cc1. The van der Waals surface area contributed by atoms with E-state index in [1.54, 1.807) is 24.3 Å². The number of ether oxygens (including phenoxy) is 1. The molecule has 0 aliphatic heterocycles. The van der Waals surface area contributed by atoms with Gasteiger partial charge in [0, 0.05) is 17.8 Å². The number of benzene rings is 1. The number of rotatable bonds is 7. The number of nitrogens with zero attached hydrogens (tertiary/aromatic N) is 2. The maximum atomic E-state index is 12.4. The predicted octanol–water partition coefficient (Wildman–Crippen LogP) is 6.15. The topological polar surface area (TPSA) is 86.5 Å². The fourth-order valence-electron chi connectivity index (χ4n) is 2.15. The third kappa shape index (κ3) is 6.42. The third-order valence-electron chi connectivity index (χ3n) is 4.89. The molecule has 164 valence electrons. The smallest absolute Gasteiger partial charge is 0.413 e. The van der Waals surface area contributed by atoms with Gasteiger partial charge in [0.05, 0.1) is 11.5 Å². The second-order valence-electron chi connectivity index (χ2n) is 8.19. The second kappa shape index (κ2) is 8.60. The minimum atomic E-state index is -4.95. The fourth-order valence-corrected chi connectivity index (χ4v) is 3.11. The van der Waals surface area contributed by atoms with Crippen LogP contribution in [0.2, 0.25) is 18.1 Å². The molecule has 1 N–H and O–H groups in total. The lowest BCUT2D eigenvalue weighted by Gasteiger charge is -2.36. The van der Waals surface area contributed by atoms with Gasteiger partial charge in [0.2, 0.25) is 11.7 Å². The molecule has 1 aromatic carbocycles. The standard InChI is InChI=1S/C19H24F3N3O4Si/c1-18(2,3)30(4,5)28-12-13-6-8-14(9-7-13)23-17-15(25(26)27)10-11-16(24-17)29-19(20,21)22/h6-11H,12H2,1-5H3,(H,23,24). The van der Waals surface area contributed by atoms with Gasteiger partial charge in [-0.1, -0.05) is 32.9 Å². The van der Waals surface area contributed by atoms with Crippen LogP contribution in [0, 0.1) is 10.1 Å². The summed E-state index contributed by atoms with van der Waals surface area (Å²) in [6, 6.07) is 8.53. The highest BCUT2D eigenvalue weighted by Gasteiger charge is 2.37. The molecule has 0 saturated heterocycles. The van der Waals surface area contributed by atoms with Crippen LogP contribution in [0.1, 0.15) is 26.3 Å². The number of pyridine rings is 1. The van der Waals surface area contributed by atoms with E-state index in [9.17, 15) is 23.3 Å². The Morgan fingerprint density at radius 2 is 1.70 bits per heavy atom. The number of alkyl halides is 3. The van der Waals surface area contributed by atoms with Crippen molar-refractivity contribution in [3.8, 4) is 5.88 Å². The fraction of sp³-hybridized carbons (Fsp3) is 0.421. The summed E-state index contributed by atoms with van der Waals surface area (Å²) in [6.07, 6.45) is -4.95. The molecule has 0 saturated carbocycles. The van der Waals surface area contributed by atoms with E-state index in [4.69, 9.17) is 4.43 Å². The van der Waals surface area contributed by atoms with Crippen LogP contribution in [-0.4, -0.2) is 24.6 Å². The molecule has 2 aromatic rings. The molecule has 7 nitrogen and oxygen atoms in total. The Morgan fingerprint density at radius 1 is 1.10 bits per heavy atom. The van der Waals surface area contributed by atoms with Crippen molar-refractivity contribution in [3.63, 3.8) is 0 Å². The number of nitrogens with one attached hydrogen (secondary N) is 1. The molecule has 0 fully saturated rings. The summed E-state index contributed by atoms with van der Waals surface area (Å²) in [5.74, 6) is -1.15. The van der Waals surface area contributed by atoms with Crippen LogP contribution < -0.4 is 10.1 Å². The number of halogens is 3. The van der Waals surface area contributed by atoms with E-state index in [-0.39, 0.29) is 10.9 Å². The van der Waals surface area contributed by atoms with Gasteiger partial charge in [-0.05, 0) is 35.8 Å². The lowest BCUT2D eigenvalue weighted by molar-refractivity contribution is -0.384. The molecule has 0 amide bonds. The van der Waals surface area contributed by atoms with Gasteiger partial charge in [0.25, 0.3) is 0 Å². The first-order valence-electron chi connectivity index (χ1n) is 9.09. The largest absolute Gasteiger partial charge is 0.574 e. The van der Waals surface area contributed by atoms with Crippen molar-refractivity contribution in [2.45, 2.75) is 51.9 Å². The van der Waals surface area contributed by atoms with Crippen molar-refractivity contribution >= 4 is 25.5 Å². The molecule has 0 aliphatic rings. The molecule has 0 unspecified atom stereocenters. The van der Waals surface area contributed by atoms with Gasteiger partial charge in [0.15, 0.2) is 8.32 Å². The van der Waals surface area contributed by atoms with E-state index in [2.05, 4.69) is 48.9 Å². The summed E-state index contributed by atoms with van der Waals surface area (Å²) >= 11 is 0. The Kier molecular flexibility index (Phi) is 6.77. The Morgan fingerprint density at radius 3 is 2.20 bits per heavy atom. The number of hydrogen-bond donors (Lipinski definition) is 1. The zero-order valence-corrected chi connectivity index (χ0v) is 18.3. The zero-order valence-electron chi connectivity index (χ0n) is 17.3. The van der Waals surface area contributed by atoms with Gasteiger partial charge >= 0.3 is 12.0 Å². The summed E-state index contributed by atoms with van der Waals surface area (Å²) < 4.78 is 47.1. The van der Waals surface area contributed by atoms with Gasteiger partial charge in [-0.15, -0.1) is 13.2 Å². The highest BCUT2D eigenvalue weighted by Crippen LogP contribution is 2.37. The van der Waals surface area contributed by atoms with E-state index in [0.717, 1.165) is 17.7 Å². The van der Waals surface area contributed by atoms with E-state index in [1.165, 1.54) is 0 Å². The third-order valence-corrected chi connectivity index (χ3v) is 9.37. The van der Waals surface area contributed by atoms with Crippen LogP contribution in [0.3, 0.4) is 0 Å². The molecular formula is C19H24F3N3O4Si. The molecule has 11 heteroatoms. The number of aromatic nitrogens is 1. The highest BCUT2D eigenvalue weighted by atomic mass is 28.4. The first kappa shape index (κ1) is 23.6. The summed E-state index contributed by atoms with van der Waals surface area (Å²) in [7, 11) is -1.91. The summed E-state index contributed by atoms with van der Waals surface area (Å²) in [4.78, 5) is 14.0. The number of anilines is 2. The molecule has 0 aliphatic carbocycles. The zero-order chi connectivity index (χ0) is 22.7. The van der Waals surface area contributed by atoms with Crippen molar-refractivity contribution in [1.29, 1.82) is 0 Å². The molecule has 1 aromatic heterocycles. The number of hydrogen-bond acceptors (Lipinski definition) is 6. The molecule has 0 atom stereocenters. The first-order valence-corrected chi connectivity index (χ1v) is 12.0. The van der Waals surface area contributed by atoms with Gasteiger partial charge < -0.3 is 14.5 Å². The average molecular weight is 443 g/mol.